The number of ether oxygens (including phenoxy) is 3. The zero-order chi connectivity index (χ0) is 20.4. The molecule has 2 N–H and O–H groups in total. The molecular formula is C18H36N2O6. The van der Waals surface area contributed by atoms with Crippen molar-refractivity contribution < 1.29 is 28.6 Å². The molecule has 0 fully saturated rings. The van der Waals surface area contributed by atoms with Crippen LogP contribution in [-0.2, 0) is 23.8 Å². The van der Waals surface area contributed by atoms with Crippen LogP contribution in [0, 0.1) is 0 Å². The minimum Gasteiger partial charge on any atom is -0.442 e. The van der Waals surface area contributed by atoms with Crippen molar-refractivity contribution in [1.29, 1.82) is 0 Å². The van der Waals surface area contributed by atoms with Crippen molar-refractivity contribution in [3.8, 4) is 0 Å². The van der Waals surface area contributed by atoms with Gasteiger partial charge in [0.15, 0.2) is 6.61 Å². The van der Waals surface area contributed by atoms with Crippen LogP contribution >= 0.6 is 0 Å². The standard InChI is InChI=1S/C18H36N2O6/c1-16(2,3)26-15(22)20-25-13-14(21)19-11-9-18(6,7)24-12-10-17(4,5)23-8/h9-13H2,1-8H3,(H,19,21)(H,20,22). The molecule has 0 aliphatic heterocycles. The molecule has 154 valence electrons. The summed E-state index contributed by atoms with van der Waals surface area (Å²) in [5.74, 6) is -0.336. The zero-order valence-electron chi connectivity index (χ0n) is 17.5. The van der Waals surface area contributed by atoms with E-state index in [-0.39, 0.29) is 23.7 Å². The molecule has 0 saturated carbocycles. The molecule has 0 atom stereocenters. The molecule has 0 aromatic heterocycles. The number of hydrogen-bond acceptors (Lipinski definition) is 6. The first-order chi connectivity index (χ1) is 11.8. The lowest BCUT2D eigenvalue weighted by molar-refractivity contribution is -0.128. The van der Waals surface area contributed by atoms with E-state index in [0.29, 0.717) is 19.6 Å². The highest BCUT2D eigenvalue weighted by Crippen LogP contribution is 2.18. The summed E-state index contributed by atoms with van der Waals surface area (Å²) < 4.78 is 16.2. The Balaban J connectivity index is 3.90. The first-order valence-electron chi connectivity index (χ1n) is 8.83. The van der Waals surface area contributed by atoms with Crippen LogP contribution in [0.15, 0.2) is 0 Å². The second-order valence-corrected chi connectivity index (χ2v) is 8.31. The highest BCUT2D eigenvalue weighted by atomic mass is 16.7. The normalized spacial score (nSPS) is 12.6. The Hall–Kier alpha value is -1.38. The van der Waals surface area contributed by atoms with E-state index < -0.39 is 11.7 Å². The fourth-order valence-electron chi connectivity index (χ4n) is 1.76. The Bertz CT molecular complexity index is 443. The van der Waals surface area contributed by atoms with Gasteiger partial charge in [0.1, 0.15) is 5.60 Å². The average molecular weight is 376 g/mol. The van der Waals surface area contributed by atoms with Crippen molar-refractivity contribution in [2.75, 3.05) is 26.9 Å². The first-order valence-corrected chi connectivity index (χ1v) is 8.83. The van der Waals surface area contributed by atoms with E-state index in [1.54, 1.807) is 27.9 Å². The van der Waals surface area contributed by atoms with Crippen LogP contribution in [0.3, 0.4) is 0 Å². The maximum atomic E-state index is 11.7. The summed E-state index contributed by atoms with van der Waals surface area (Å²) in [7, 11) is 1.68. The minimum absolute atomic E-state index is 0.219. The lowest BCUT2D eigenvalue weighted by atomic mass is 10.0. The van der Waals surface area contributed by atoms with Crippen LogP contribution in [0.5, 0.6) is 0 Å². The Morgan fingerprint density at radius 1 is 0.923 bits per heavy atom. The molecule has 0 aliphatic rings. The van der Waals surface area contributed by atoms with Crippen LogP contribution < -0.4 is 10.8 Å². The van der Waals surface area contributed by atoms with Crippen molar-refractivity contribution in [2.45, 2.75) is 78.1 Å². The number of nitrogens with one attached hydrogen (secondary N) is 2. The third-order valence-electron chi connectivity index (χ3n) is 3.56. The lowest BCUT2D eigenvalue weighted by Gasteiger charge is -2.29. The highest BCUT2D eigenvalue weighted by molar-refractivity contribution is 5.77. The van der Waals surface area contributed by atoms with E-state index in [1.165, 1.54) is 0 Å². The Morgan fingerprint density at radius 2 is 1.54 bits per heavy atom. The van der Waals surface area contributed by atoms with Gasteiger partial charge in [0.2, 0.25) is 5.91 Å². The smallest absolute Gasteiger partial charge is 0.431 e. The number of hydroxylamine groups is 1. The fraction of sp³-hybridized carbons (Fsp3) is 0.889. The van der Waals surface area contributed by atoms with E-state index >= 15 is 0 Å². The van der Waals surface area contributed by atoms with Crippen LogP contribution in [0.4, 0.5) is 4.79 Å². The number of rotatable bonds is 11. The molecule has 0 bridgehead atoms. The van der Waals surface area contributed by atoms with Crippen LogP contribution in [0.2, 0.25) is 0 Å². The van der Waals surface area contributed by atoms with E-state index in [2.05, 4.69) is 10.8 Å². The fourth-order valence-corrected chi connectivity index (χ4v) is 1.76. The van der Waals surface area contributed by atoms with Gasteiger partial charge in [-0.1, -0.05) is 0 Å². The van der Waals surface area contributed by atoms with Crippen molar-refractivity contribution in [1.82, 2.24) is 10.8 Å². The third-order valence-corrected chi connectivity index (χ3v) is 3.56. The molecule has 0 radical (unpaired) electrons. The summed E-state index contributed by atoms with van der Waals surface area (Å²) in [5.41, 5.74) is 0.853. The Labute approximate surface area is 157 Å². The van der Waals surface area contributed by atoms with Gasteiger partial charge in [-0.2, -0.15) is 5.48 Å². The van der Waals surface area contributed by atoms with Gasteiger partial charge in [-0.15, -0.1) is 0 Å². The summed E-state index contributed by atoms with van der Waals surface area (Å²) in [6, 6.07) is 0. The minimum atomic E-state index is -0.737. The molecule has 0 aromatic rings. The summed E-state index contributed by atoms with van der Waals surface area (Å²) in [6.45, 7) is 13.9. The zero-order valence-corrected chi connectivity index (χ0v) is 17.5. The molecule has 0 saturated heterocycles. The maximum Gasteiger partial charge on any atom is 0.431 e. The second kappa shape index (κ2) is 10.7. The SMILES string of the molecule is COC(C)(C)CCOC(C)(C)CCNC(=O)CONC(=O)OC(C)(C)C. The van der Waals surface area contributed by atoms with Gasteiger partial charge in [-0.25, -0.2) is 4.79 Å². The molecule has 0 unspecified atom stereocenters. The van der Waals surface area contributed by atoms with Crippen LogP contribution in [0.25, 0.3) is 0 Å². The molecule has 8 heteroatoms. The molecule has 0 aromatic carbocycles. The Morgan fingerprint density at radius 3 is 2.08 bits per heavy atom. The maximum absolute atomic E-state index is 11.7. The third kappa shape index (κ3) is 13.9. The van der Waals surface area contributed by atoms with E-state index in [0.717, 1.165) is 6.42 Å². The van der Waals surface area contributed by atoms with E-state index in [4.69, 9.17) is 19.0 Å². The summed E-state index contributed by atoms with van der Waals surface area (Å²) in [6.07, 6.45) is 0.688. The number of methoxy groups -OCH3 is 1. The van der Waals surface area contributed by atoms with Gasteiger partial charge in [-0.3, -0.25) is 9.63 Å². The molecule has 0 spiro atoms. The van der Waals surface area contributed by atoms with Gasteiger partial charge in [0, 0.05) is 13.7 Å². The summed E-state index contributed by atoms with van der Waals surface area (Å²) in [5, 5.41) is 2.72. The van der Waals surface area contributed by atoms with Gasteiger partial charge >= 0.3 is 6.09 Å². The quantitative estimate of drug-likeness (QED) is 0.538. The van der Waals surface area contributed by atoms with Crippen LogP contribution in [-0.4, -0.2) is 55.7 Å². The molecule has 0 rings (SSSR count). The predicted molar refractivity (Wildman–Crippen MR) is 98.7 cm³/mol. The number of hydrogen-bond donors (Lipinski definition) is 2. The van der Waals surface area contributed by atoms with Gasteiger partial charge < -0.3 is 19.5 Å². The molecular weight excluding hydrogens is 340 g/mol. The van der Waals surface area contributed by atoms with Crippen molar-refractivity contribution in [3.05, 3.63) is 0 Å². The first kappa shape index (κ1) is 24.6. The summed E-state index contributed by atoms with van der Waals surface area (Å²) in [4.78, 5) is 27.9. The van der Waals surface area contributed by atoms with Gasteiger partial charge in [0.25, 0.3) is 0 Å². The van der Waals surface area contributed by atoms with Gasteiger partial charge in [-0.05, 0) is 61.3 Å². The van der Waals surface area contributed by atoms with Crippen molar-refractivity contribution in [2.24, 2.45) is 0 Å². The van der Waals surface area contributed by atoms with E-state index in [9.17, 15) is 9.59 Å². The molecule has 8 nitrogen and oxygen atoms in total. The topological polar surface area (TPSA) is 95.1 Å². The van der Waals surface area contributed by atoms with Crippen molar-refractivity contribution >= 4 is 12.0 Å². The number of carbonyl (C=O) groups is 2. The monoisotopic (exact) mass is 376 g/mol. The van der Waals surface area contributed by atoms with Gasteiger partial charge in [0.05, 0.1) is 17.8 Å². The highest BCUT2D eigenvalue weighted by Gasteiger charge is 2.22. The molecule has 0 heterocycles. The molecule has 26 heavy (non-hydrogen) atoms. The largest absolute Gasteiger partial charge is 0.442 e. The predicted octanol–water partition coefficient (Wildman–Crippen LogP) is 2.56. The number of amides is 2. The Kier molecular flexibility index (Phi) is 10.1. The lowest BCUT2D eigenvalue weighted by Crippen LogP contribution is -2.38. The molecule has 2 amide bonds. The van der Waals surface area contributed by atoms with E-state index in [1.807, 2.05) is 27.7 Å². The second-order valence-electron chi connectivity index (χ2n) is 8.31. The van der Waals surface area contributed by atoms with Crippen molar-refractivity contribution in [3.63, 3.8) is 0 Å². The summed E-state index contributed by atoms with van der Waals surface area (Å²) >= 11 is 0. The van der Waals surface area contributed by atoms with Crippen LogP contribution in [0.1, 0.15) is 61.3 Å². The average Bonchev–Trinajstić information content (AvgIpc) is 2.44. The number of carbonyl (C=O) groups excluding carboxylic acids is 2. The molecule has 0 aliphatic carbocycles.